The molecule has 0 saturated carbocycles. The molecule has 6 heteroatoms. The molecule has 3 N–H and O–H groups in total. The van der Waals surface area contributed by atoms with E-state index in [0.717, 1.165) is 59.9 Å². The van der Waals surface area contributed by atoms with Crippen molar-refractivity contribution in [3.8, 4) is 0 Å². The summed E-state index contributed by atoms with van der Waals surface area (Å²) in [5.41, 5.74) is 4.01. The molecule has 6 nitrogen and oxygen atoms in total. The number of pyridine rings is 1. The summed E-state index contributed by atoms with van der Waals surface area (Å²) in [4.78, 5) is 12.2. The third-order valence-electron chi connectivity index (χ3n) is 4.23. The van der Waals surface area contributed by atoms with Crippen LogP contribution in [0.3, 0.4) is 0 Å². The van der Waals surface area contributed by atoms with Crippen LogP contribution in [0.25, 0.3) is 17.1 Å². The van der Waals surface area contributed by atoms with Gasteiger partial charge in [-0.2, -0.15) is 0 Å². The lowest BCUT2D eigenvalue weighted by Gasteiger charge is -2.22. The Hall–Kier alpha value is -1.92. The first-order chi connectivity index (χ1) is 10.3. The molecule has 0 atom stereocenters. The van der Waals surface area contributed by atoms with Crippen LogP contribution in [0, 0.1) is 5.92 Å². The van der Waals surface area contributed by atoms with Gasteiger partial charge in [0.05, 0.1) is 18.3 Å². The maximum Gasteiger partial charge on any atom is 0.161 e. The van der Waals surface area contributed by atoms with E-state index in [-0.39, 0.29) is 6.61 Å². The molecule has 2 aromatic heterocycles. The van der Waals surface area contributed by atoms with Crippen molar-refractivity contribution in [2.75, 3.05) is 19.7 Å². The summed E-state index contributed by atoms with van der Waals surface area (Å²) in [6.07, 6.45) is 6.71. The molecule has 0 amide bonds. The molecular formula is C15H18N5O. The zero-order valence-corrected chi connectivity index (χ0v) is 11.8. The molecule has 4 heterocycles. The predicted octanol–water partition coefficient (Wildman–Crippen LogP) is 1.08. The van der Waals surface area contributed by atoms with Crippen LogP contribution in [0.2, 0.25) is 0 Å². The lowest BCUT2D eigenvalue weighted by molar-refractivity contribution is 0.297. The largest absolute Gasteiger partial charge is 0.396 e. The number of allylic oxidation sites excluding steroid dienone is 1. The smallest absolute Gasteiger partial charge is 0.161 e. The molecule has 0 bridgehead atoms. The van der Waals surface area contributed by atoms with Crippen molar-refractivity contribution in [2.24, 2.45) is 5.92 Å². The number of hydrogen-bond donors (Lipinski definition) is 3. The number of aromatic nitrogens is 3. The molecule has 1 radical (unpaired) electrons. The van der Waals surface area contributed by atoms with Crippen LogP contribution in [-0.2, 0) is 6.42 Å². The van der Waals surface area contributed by atoms with Crippen molar-refractivity contribution < 1.29 is 5.11 Å². The number of nitrogens with one attached hydrogen (secondary N) is 2. The maximum atomic E-state index is 9.04. The molecule has 2 aromatic rings. The van der Waals surface area contributed by atoms with E-state index in [0.29, 0.717) is 12.3 Å². The number of rotatable bonds is 3. The number of nitrogens with zero attached hydrogens (tertiary/aromatic N) is 3. The average molecular weight is 284 g/mol. The van der Waals surface area contributed by atoms with Crippen molar-refractivity contribution in [1.29, 1.82) is 0 Å². The standard InChI is InChI=1S/C15H18N5O/c21-6-3-13-18-12-8-17-15-10(14(12)20-13)7-11(19-15)9-1-4-16-5-2-9/h7-9,16,21H,1-6H2,(H,18,20). The molecule has 0 spiro atoms. The minimum atomic E-state index is 0.0932. The highest BCUT2D eigenvalue weighted by Crippen LogP contribution is 2.35. The zero-order valence-electron chi connectivity index (χ0n) is 11.8. The molecule has 21 heavy (non-hydrogen) atoms. The van der Waals surface area contributed by atoms with Gasteiger partial charge >= 0.3 is 0 Å². The first-order valence-electron chi connectivity index (χ1n) is 7.47. The van der Waals surface area contributed by atoms with E-state index in [2.05, 4.69) is 26.3 Å². The minimum Gasteiger partial charge on any atom is -0.396 e. The highest BCUT2D eigenvalue weighted by Gasteiger charge is 2.26. The summed E-state index contributed by atoms with van der Waals surface area (Å²) >= 11 is 0. The number of H-pyrrole nitrogens is 1. The molecule has 1 fully saturated rings. The second kappa shape index (κ2) is 5.13. The first-order valence-corrected chi connectivity index (χ1v) is 7.47. The van der Waals surface area contributed by atoms with Gasteiger partial charge < -0.3 is 15.4 Å². The number of fused-ring (bicyclic) bond motifs is 3. The maximum absolute atomic E-state index is 9.04. The van der Waals surface area contributed by atoms with Crippen LogP contribution in [0.15, 0.2) is 11.9 Å². The Balaban J connectivity index is 1.71. The second-order valence-electron chi connectivity index (χ2n) is 5.62. The number of hydrogen-bond acceptors (Lipinski definition) is 4. The normalized spacial score (nSPS) is 18.6. The SMILES string of the molecule is OCCc1nc2cnc3c(c2[nH]1)C=C(C1CCNCC1)[N]3. The minimum absolute atomic E-state index is 0.0932. The summed E-state index contributed by atoms with van der Waals surface area (Å²) < 4.78 is 0. The topological polar surface area (TPSA) is 87.9 Å². The van der Waals surface area contributed by atoms with E-state index in [1.807, 2.05) is 0 Å². The summed E-state index contributed by atoms with van der Waals surface area (Å²) in [6.45, 7) is 2.21. The van der Waals surface area contributed by atoms with E-state index in [9.17, 15) is 0 Å². The predicted molar refractivity (Wildman–Crippen MR) is 80.0 cm³/mol. The van der Waals surface area contributed by atoms with Gasteiger partial charge in [0.1, 0.15) is 11.3 Å². The van der Waals surface area contributed by atoms with E-state index in [4.69, 9.17) is 10.4 Å². The van der Waals surface area contributed by atoms with E-state index in [1.165, 1.54) is 0 Å². The van der Waals surface area contributed by atoms with E-state index in [1.54, 1.807) is 6.20 Å². The summed E-state index contributed by atoms with van der Waals surface area (Å²) in [6, 6.07) is 0. The zero-order chi connectivity index (χ0) is 14.2. The fourth-order valence-electron chi connectivity index (χ4n) is 3.12. The Labute approximate surface area is 122 Å². The van der Waals surface area contributed by atoms with Crippen molar-refractivity contribution in [3.63, 3.8) is 0 Å². The van der Waals surface area contributed by atoms with Gasteiger partial charge in [-0.25, -0.2) is 15.3 Å². The number of aromatic amines is 1. The van der Waals surface area contributed by atoms with Crippen LogP contribution in [0.4, 0.5) is 5.82 Å². The lowest BCUT2D eigenvalue weighted by Crippen LogP contribution is -2.29. The molecule has 0 aliphatic carbocycles. The number of aliphatic hydroxyl groups excluding tert-OH is 1. The third kappa shape index (κ3) is 2.20. The second-order valence-corrected chi connectivity index (χ2v) is 5.62. The highest BCUT2D eigenvalue weighted by atomic mass is 16.3. The van der Waals surface area contributed by atoms with Crippen LogP contribution in [0.1, 0.15) is 24.2 Å². The van der Waals surface area contributed by atoms with Gasteiger partial charge in [-0.05, 0) is 32.0 Å². The third-order valence-corrected chi connectivity index (χ3v) is 4.23. The van der Waals surface area contributed by atoms with Crippen LogP contribution in [0.5, 0.6) is 0 Å². The molecule has 1 saturated heterocycles. The van der Waals surface area contributed by atoms with Crippen LogP contribution >= 0.6 is 0 Å². The Kier molecular flexibility index (Phi) is 3.12. The molecule has 0 aromatic carbocycles. The summed E-state index contributed by atoms with van der Waals surface area (Å²) in [5, 5.41) is 17.1. The fraction of sp³-hybridized carbons (Fsp3) is 0.467. The van der Waals surface area contributed by atoms with Crippen molar-refractivity contribution in [3.05, 3.63) is 23.3 Å². The van der Waals surface area contributed by atoms with Crippen molar-refractivity contribution >= 4 is 22.9 Å². The fourth-order valence-corrected chi connectivity index (χ4v) is 3.12. The molecular weight excluding hydrogens is 266 g/mol. The van der Waals surface area contributed by atoms with Crippen LogP contribution in [-0.4, -0.2) is 39.8 Å². The van der Waals surface area contributed by atoms with Crippen LogP contribution < -0.4 is 10.6 Å². The van der Waals surface area contributed by atoms with Gasteiger partial charge in [0.2, 0.25) is 0 Å². The van der Waals surface area contributed by atoms with Gasteiger partial charge in [-0.15, -0.1) is 0 Å². The molecule has 2 aliphatic rings. The highest BCUT2D eigenvalue weighted by molar-refractivity contribution is 5.91. The molecule has 4 rings (SSSR count). The van der Waals surface area contributed by atoms with Gasteiger partial charge in [-0.3, -0.25) is 0 Å². The molecule has 109 valence electrons. The van der Waals surface area contributed by atoms with Gasteiger partial charge in [0, 0.05) is 23.6 Å². The summed E-state index contributed by atoms with van der Waals surface area (Å²) in [5.74, 6) is 2.11. The lowest BCUT2D eigenvalue weighted by atomic mass is 9.94. The number of piperidine rings is 1. The molecule has 2 aliphatic heterocycles. The van der Waals surface area contributed by atoms with Crippen molar-refractivity contribution in [1.82, 2.24) is 25.6 Å². The monoisotopic (exact) mass is 284 g/mol. The number of aliphatic hydroxyl groups is 1. The Bertz CT molecular complexity index is 699. The van der Waals surface area contributed by atoms with Gasteiger partial charge in [0.25, 0.3) is 0 Å². The first kappa shape index (κ1) is 12.8. The van der Waals surface area contributed by atoms with Crippen molar-refractivity contribution in [2.45, 2.75) is 19.3 Å². The van der Waals surface area contributed by atoms with Gasteiger partial charge in [0.15, 0.2) is 5.82 Å². The van der Waals surface area contributed by atoms with E-state index < -0.39 is 0 Å². The Morgan fingerprint density at radius 3 is 2.95 bits per heavy atom. The summed E-state index contributed by atoms with van der Waals surface area (Å²) in [7, 11) is 0. The molecule has 0 unspecified atom stereocenters. The average Bonchev–Trinajstić information content (AvgIpc) is 3.11. The van der Waals surface area contributed by atoms with E-state index >= 15 is 0 Å². The van der Waals surface area contributed by atoms with Gasteiger partial charge in [-0.1, -0.05) is 0 Å². The Morgan fingerprint density at radius 2 is 2.14 bits per heavy atom. The Morgan fingerprint density at radius 1 is 1.29 bits per heavy atom. The number of imidazole rings is 1. The quantitative estimate of drug-likeness (QED) is 0.787.